The molecule has 0 saturated carbocycles. The van der Waals surface area contributed by atoms with Crippen molar-refractivity contribution < 1.29 is 18.1 Å². The van der Waals surface area contributed by atoms with Gasteiger partial charge in [0.1, 0.15) is 11.6 Å². The Morgan fingerprint density at radius 3 is 2.60 bits per heavy atom. The molecule has 1 aromatic heterocycles. The molecule has 0 aliphatic carbocycles. The maximum Gasteiger partial charge on any atom is 0.232 e. The second kappa shape index (κ2) is 6.08. The molecular weight excluding hydrogens is 328 g/mol. The molecule has 1 aliphatic rings. The van der Waals surface area contributed by atoms with Crippen LogP contribution < -0.4 is 4.90 Å². The molecule has 1 aliphatic heterocycles. The molecule has 25 heavy (non-hydrogen) atoms. The first kappa shape index (κ1) is 15.4. The maximum atomic E-state index is 13.8. The van der Waals surface area contributed by atoms with E-state index in [9.17, 15) is 13.6 Å². The summed E-state index contributed by atoms with van der Waals surface area (Å²) in [7, 11) is 0. The number of rotatable bonds is 3. The molecule has 1 atom stereocenters. The number of hydrogen-bond donors (Lipinski definition) is 0. The monoisotopic (exact) mass is 341 g/mol. The van der Waals surface area contributed by atoms with Gasteiger partial charge in [0.15, 0.2) is 0 Å². The highest BCUT2D eigenvalue weighted by Crippen LogP contribution is 2.32. The minimum Gasteiger partial charge on any atom is -0.339 e. The third-order valence-electron chi connectivity index (χ3n) is 4.17. The Hall–Kier alpha value is -3.09. The van der Waals surface area contributed by atoms with Crippen LogP contribution in [0.4, 0.5) is 14.5 Å². The van der Waals surface area contributed by atoms with Gasteiger partial charge in [-0.15, -0.1) is 0 Å². The zero-order valence-electron chi connectivity index (χ0n) is 13.0. The summed E-state index contributed by atoms with van der Waals surface area (Å²) in [6.07, 6.45) is 0.205. The van der Waals surface area contributed by atoms with E-state index in [1.165, 1.54) is 18.2 Å². The number of carbonyl (C=O) groups is 1. The van der Waals surface area contributed by atoms with Crippen molar-refractivity contribution in [3.05, 3.63) is 66.1 Å². The molecule has 0 radical (unpaired) electrons. The number of anilines is 1. The van der Waals surface area contributed by atoms with Crippen molar-refractivity contribution in [3.8, 4) is 11.4 Å². The average molecular weight is 341 g/mol. The van der Waals surface area contributed by atoms with E-state index in [0.717, 1.165) is 0 Å². The second-order valence-electron chi connectivity index (χ2n) is 5.82. The molecule has 4 rings (SSSR count). The highest BCUT2D eigenvalue weighted by Gasteiger charge is 2.35. The molecule has 5 nitrogen and oxygen atoms in total. The van der Waals surface area contributed by atoms with Crippen LogP contribution in [0.25, 0.3) is 11.4 Å². The lowest BCUT2D eigenvalue weighted by Gasteiger charge is -2.15. The summed E-state index contributed by atoms with van der Waals surface area (Å²) in [5, 5.41) is 3.82. The van der Waals surface area contributed by atoms with Crippen LogP contribution in [0.5, 0.6) is 0 Å². The van der Waals surface area contributed by atoms with Gasteiger partial charge in [0.2, 0.25) is 17.6 Å². The van der Waals surface area contributed by atoms with E-state index in [-0.39, 0.29) is 41.3 Å². The van der Waals surface area contributed by atoms with Crippen LogP contribution in [0.15, 0.2) is 53.1 Å². The molecule has 1 saturated heterocycles. The Balaban J connectivity index is 1.57. The number of amides is 1. The first-order valence-corrected chi connectivity index (χ1v) is 7.76. The Bertz CT molecular complexity index is 924. The SMILES string of the molecule is O=C1CC(c2nc(-c3ccccc3F)no2)CN1c1ccc(F)cc1. The van der Waals surface area contributed by atoms with E-state index in [1.807, 2.05) is 0 Å². The highest BCUT2D eigenvalue weighted by atomic mass is 19.1. The number of aromatic nitrogens is 2. The Kier molecular flexibility index (Phi) is 3.76. The van der Waals surface area contributed by atoms with Crippen LogP contribution in [-0.2, 0) is 4.79 Å². The molecule has 1 amide bonds. The molecule has 0 bridgehead atoms. The molecule has 126 valence electrons. The Morgan fingerprint density at radius 2 is 1.84 bits per heavy atom. The lowest BCUT2D eigenvalue weighted by Crippen LogP contribution is -2.24. The number of carbonyl (C=O) groups excluding carboxylic acids is 1. The van der Waals surface area contributed by atoms with Crippen molar-refractivity contribution in [2.45, 2.75) is 12.3 Å². The van der Waals surface area contributed by atoms with Gasteiger partial charge in [0.05, 0.1) is 11.5 Å². The summed E-state index contributed by atoms with van der Waals surface area (Å²) < 4.78 is 32.1. The summed E-state index contributed by atoms with van der Waals surface area (Å²) >= 11 is 0. The number of nitrogens with zero attached hydrogens (tertiary/aromatic N) is 3. The smallest absolute Gasteiger partial charge is 0.232 e. The van der Waals surface area contributed by atoms with Crippen LogP contribution in [0.3, 0.4) is 0 Å². The fourth-order valence-corrected chi connectivity index (χ4v) is 2.90. The average Bonchev–Trinajstić information content (AvgIpc) is 3.23. The van der Waals surface area contributed by atoms with Crippen molar-refractivity contribution in [3.63, 3.8) is 0 Å². The molecule has 0 spiro atoms. The topological polar surface area (TPSA) is 59.2 Å². The standard InChI is InChI=1S/C18H13F2N3O2/c19-12-5-7-13(8-6-12)23-10-11(9-16(23)24)18-21-17(22-25-18)14-3-1-2-4-15(14)20/h1-8,11H,9-10H2. The molecule has 0 N–H and O–H groups in total. The van der Waals surface area contributed by atoms with Gasteiger partial charge in [-0.25, -0.2) is 8.78 Å². The minimum absolute atomic E-state index is 0.109. The van der Waals surface area contributed by atoms with Gasteiger partial charge in [0.25, 0.3) is 0 Å². The molecule has 7 heteroatoms. The minimum atomic E-state index is -0.440. The quantitative estimate of drug-likeness (QED) is 0.731. The molecule has 3 aromatic rings. The van der Waals surface area contributed by atoms with Gasteiger partial charge in [0, 0.05) is 18.7 Å². The predicted molar refractivity (Wildman–Crippen MR) is 85.8 cm³/mol. The summed E-state index contributed by atoms with van der Waals surface area (Å²) in [4.78, 5) is 18.1. The van der Waals surface area contributed by atoms with Gasteiger partial charge < -0.3 is 9.42 Å². The Morgan fingerprint density at radius 1 is 1.08 bits per heavy atom. The third-order valence-corrected chi connectivity index (χ3v) is 4.17. The van der Waals surface area contributed by atoms with Gasteiger partial charge >= 0.3 is 0 Å². The van der Waals surface area contributed by atoms with Crippen molar-refractivity contribution in [2.24, 2.45) is 0 Å². The van der Waals surface area contributed by atoms with Crippen LogP contribution >= 0.6 is 0 Å². The zero-order chi connectivity index (χ0) is 17.4. The summed E-state index contributed by atoms with van der Waals surface area (Å²) in [5.41, 5.74) is 0.861. The lowest BCUT2D eigenvalue weighted by atomic mass is 10.1. The molecule has 2 aromatic carbocycles. The van der Waals surface area contributed by atoms with Crippen molar-refractivity contribution in [1.82, 2.24) is 10.1 Å². The van der Waals surface area contributed by atoms with E-state index in [0.29, 0.717) is 12.2 Å². The highest BCUT2D eigenvalue weighted by molar-refractivity contribution is 5.96. The molecule has 2 heterocycles. The summed E-state index contributed by atoms with van der Waals surface area (Å²) in [5.74, 6) is -0.756. The fraction of sp³-hybridized carbons (Fsp3) is 0.167. The van der Waals surface area contributed by atoms with E-state index < -0.39 is 5.82 Å². The maximum absolute atomic E-state index is 13.8. The fourth-order valence-electron chi connectivity index (χ4n) is 2.90. The van der Waals surface area contributed by atoms with Crippen LogP contribution in [0, 0.1) is 11.6 Å². The number of halogens is 2. The first-order chi connectivity index (χ1) is 12.1. The van der Waals surface area contributed by atoms with E-state index in [1.54, 1.807) is 35.2 Å². The molecule has 1 unspecified atom stereocenters. The van der Waals surface area contributed by atoms with Crippen molar-refractivity contribution in [2.75, 3.05) is 11.4 Å². The van der Waals surface area contributed by atoms with Crippen LogP contribution in [-0.4, -0.2) is 22.6 Å². The summed E-state index contributed by atoms with van der Waals surface area (Å²) in [6, 6.07) is 11.9. The van der Waals surface area contributed by atoms with E-state index >= 15 is 0 Å². The third kappa shape index (κ3) is 2.88. The van der Waals surface area contributed by atoms with E-state index in [2.05, 4.69) is 10.1 Å². The summed E-state index contributed by atoms with van der Waals surface area (Å²) in [6.45, 7) is 0.351. The van der Waals surface area contributed by atoms with Gasteiger partial charge in [-0.05, 0) is 36.4 Å². The predicted octanol–water partition coefficient (Wildman–Crippen LogP) is 3.54. The van der Waals surface area contributed by atoms with Crippen LogP contribution in [0.2, 0.25) is 0 Å². The van der Waals surface area contributed by atoms with Crippen molar-refractivity contribution >= 4 is 11.6 Å². The second-order valence-corrected chi connectivity index (χ2v) is 5.82. The number of benzene rings is 2. The lowest BCUT2D eigenvalue weighted by molar-refractivity contribution is -0.117. The number of hydrogen-bond acceptors (Lipinski definition) is 4. The Labute approximate surface area is 141 Å². The zero-order valence-corrected chi connectivity index (χ0v) is 13.0. The normalized spacial score (nSPS) is 17.3. The van der Waals surface area contributed by atoms with Crippen molar-refractivity contribution in [1.29, 1.82) is 0 Å². The molecular formula is C18H13F2N3O2. The van der Waals surface area contributed by atoms with Gasteiger partial charge in [-0.3, -0.25) is 4.79 Å². The van der Waals surface area contributed by atoms with Gasteiger partial charge in [-0.2, -0.15) is 4.98 Å². The molecule has 1 fully saturated rings. The van der Waals surface area contributed by atoms with E-state index in [4.69, 9.17) is 4.52 Å². The van der Waals surface area contributed by atoms with Gasteiger partial charge in [-0.1, -0.05) is 17.3 Å². The first-order valence-electron chi connectivity index (χ1n) is 7.76. The largest absolute Gasteiger partial charge is 0.339 e. The van der Waals surface area contributed by atoms with Crippen LogP contribution in [0.1, 0.15) is 18.2 Å².